The number of hydrogen-bond acceptors (Lipinski definition) is 0. The van der Waals surface area contributed by atoms with E-state index in [2.05, 4.69) is 85.8 Å². The maximum Gasteiger partial charge on any atom is -0.00258 e. The molecule has 104 valence electrons. The molecule has 0 saturated carbocycles. The molecule has 0 amide bonds. The molecule has 0 unspecified atom stereocenters. The van der Waals surface area contributed by atoms with Gasteiger partial charge in [0.2, 0.25) is 0 Å². The minimum Gasteiger partial charge on any atom is -0.0622 e. The van der Waals surface area contributed by atoms with Crippen LogP contribution in [0, 0.1) is 0 Å². The molecular weight excluding hydrogens is 252 g/mol. The fourth-order valence-corrected chi connectivity index (χ4v) is 2.58. The second-order valence-electron chi connectivity index (χ2n) is 5.41. The van der Waals surface area contributed by atoms with Gasteiger partial charge in [-0.1, -0.05) is 85.8 Å². The van der Waals surface area contributed by atoms with Crippen molar-refractivity contribution in [1.82, 2.24) is 0 Å². The Kier molecular flexibility index (Phi) is 4.16. The van der Waals surface area contributed by atoms with Crippen molar-refractivity contribution in [1.29, 1.82) is 0 Å². The van der Waals surface area contributed by atoms with Gasteiger partial charge in [0.25, 0.3) is 0 Å². The molecule has 0 aliphatic heterocycles. The zero-order valence-corrected chi connectivity index (χ0v) is 12.4. The summed E-state index contributed by atoms with van der Waals surface area (Å²) in [6.45, 7) is 2.19. The Morgan fingerprint density at radius 3 is 1.52 bits per heavy atom. The van der Waals surface area contributed by atoms with E-state index in [1.165, 1.54) is 27.8 Å². The van der Waals surface area contributed by atoms with Crippen molar-refractivity contribution in [3.63, 3.8) is 0 Å². The lowest BCUT2D eigenvalue weighted by Crippen LogP contribution is -1.88. The van der Waals surface area contributed by atoms with Crippen LogP contribution in [0.4, 0.5) is 0 Å². The molecule has 0 atom stereocenters. The lowest BCUT2D eigenvalue weighted by Gasteiger charge is -2.06. The molecule has 0 fully saturated rings. The standard InChI is InChI=1S/C21H20/c1-2-17-8-12-20(13-9-17)21-14-10-19(11-15-21)16-18-6-4-3-5-7-18/h3-15H,2,16H2,1H3. The molecule has 0 aliphatic carbocycles. The van der Waals surface area contributed by atoms with Crippen molar-refractivity contribution in [2.45, 2.75) is 19.8 Å². The summed E-state index contributed by atoms with van der Waals surface area (Å²) in [5.74, 6) is 0. The largest absolute Gasteiger partial charge is 0.0622 e. The zero-order valence-electron chi connectivity index (χ0n) is 12.4. The highest BCUT2D eigenvalue weighted by atomic mass is 14.0. The molecule has 0 radical (unpaired) electrons. The molecule has 0 aliphatic rings. The highest BCUT2D eigenvalue weighted by Crippen LogP contribution is 2.21. The van der Waals surface area contributed by atoms with Crippen LogP contribution < -0.4 is 0 Å². The van der Waals surface area contributed by atoms with E-state index in [-0.39, 0.29) is 0 Å². The van der Waals surface area contributed by atoms with Crippen LogP contribution in [-0.4, -0.2) is 0 Å². The Labute approximate surface area is 127 Å². The Morgan fingerprint density at radius 2 is 1.00 bits per heavy atom. The maximum absolute atomic E-state index is 2.23. The van der Waals surface area contributed by atoms with Crippen molar-refractivity contribution in [3.8, 4) is 11.1 Å². The van der Waals surface area contributed by atoms with Gasteiger partial charge in [0, 0.05) is 0 Å². The van der Waals surface area contributed by atoms with E-state index in [0.717, 1.165) is 12.8 Å². The topological polar surface area (TPSA) is 0 Å². The molecule has 3 aromatic carbocycles. The van der Waals surface area contributed by atoms with E-state index in [4.69, 9.17) is 0 Å². The van der Waals surface area contributed by atoms with Gasteiger partial charge >= 0.3 is 0 Å². The van der Waals surface area contributed by atoms with Crippen LogP contribution in [0.15, 0.2) is 78.9 Å². The van der Waals surface area contributed by atoms with Crippen LogP contribution >= 0.6 is 0 Å². The molecular formula is C21H20. The van der Waals surface area contributed by atoms with Crippen LogP contribution in [-0.2, 0) is 12.8 Å². The van der Waals surface area contributed by atoms with E-state index < -0.39 is 0 Å². The molecule has 0 heterocycles. The summed E-state index contributed by atoms with van der Waals surface area (Å²) in [6.07, 6.45) is 2.09. The predicted molar refractivity (Wildman–Crippen MR) is 90.5 cm³/mol. The van der Waals surface area contributed by atoms with Crippen LogP contribution in [0.5, 0.6) is 0 Å². The van der Waals surface area contributed by atoms with Gasteiger partial charge in [-0.05, 0) is 40.7 Å². The summed E-state index contributed by atoms with van der Waals surface area (Å²) in [6, 6.07) is 28.4. The normalized spacial score (nSPS) is 10.5. The molecule has 0 saturated heterocycles. The summed E-state index contributed by atoms with van der Waals surface area (Å²) < 4.78 is 0. The van der Waals surface area contributed by atoms with Crippen LogP contribution in [0.3, 0.4) is 0 Å². The molecule has 21 heavy (non-hydrogen) atoms. The second kappa shape index (κ2) is 6.41. The molecule has 0 heteroatoms. The average Bonchev–Trinajstić information content (AvgIpc) is 2.57. The number of benzene rings is 3. The first-order valence-electron chi connectivity index (χ1n) is 7.57. The fourth-order valence-electron chi connectivity index (χ4n) is 2.58. The van der Waals surface area contributed by atoms with Crippen LogP contribution in [0.25, 0.3) is 11.1 Å². The molecule has 0 nitrogen and oxygen atoms in total. The van der Waals surface area contributed by atoms with Crippen LogP contribution in [0.2, 0.25) is 0 Å². The monoisotopic (exact) mass is 272 g/mol. The van der Waals surface area contributed by atoms with Crippen molar-refractivity contribution in [3.05, 3.63) is 95.6 Å². The number of hydrogen-bond donors (Lipinski definition) is 0. The Balaban J connectivity index is 1.77. The maximum atomic E-state index is 2.23. The summed E-state index contributed by atoms with van der Waals surface area (Å²) in [5, 5.41) is 0. The van der Waals surface area contributed by atoms with Gasteiger partial charge in [0.15, 0.2) is 0 Å². The predicted octanol–water partition coefficient (Wildman–Crippen LogP) is 5.51. The van der Waals surface area contributed by atoms with Gasteiger partial charge in [-0.3, -0.25) is 0 Å². The zero-order chi connectivity index (χ0) is 14.5. The fraction of sp³-hybridized carbons (Fsp3) is 0.143. The molecule has 3 aromatic rings. The lowest BCUT2D eigenvalue weighted by atomic mass is 9.99. The van der Waals surface area contributed by atoms with Gasteiger partial charge in [0.1, 0.15) is 0 Å². The minimum atomic E-state index is 0.996. The van der Waals surface area contributed by atoms with Crippen molar-refractivity contribution in [2.24, 2.45) is 0 Å². The van der Waals surface area contributed by atoms with Gasteiger partial charge in [-0.25, -0.2) is 0 Å². The average molecular weight is 272 g/mol. The summed E-state index contributed by atoms with van der Waals surface area (Å²) in [7, 11) is 0. The minimum absolute atomic E-state index is 0.996. The van der Waals surface area contributed by atoms with Crippen molar-refractivity contribution >= 4 is 0 Å². The number of aryl methyl sites for hydroxylation is 1. The van der Waals surface area contributed by atoms with E-state index in [1.807, 2.05) is 0 Å². The Hall–Kier alpha value is -2.34. The van der Waals surface area contributed by atoms with E-state index >= 15 is 0 Å². The lowest BCUT2D eigenvalue weighted by molar-refractivity contribution is 1.14. The molecule has 0 bridgehead atoms. The molecule has 0 N–H and O–H groups in total. The first kappa shape index (κ1) is 13.6. The van der Waals surface area contributed by atoms with Gasteiger partial charge in [0.05, 0.1) is 0 Å². The third-order valence-corrected chi connectivity index (χ3v) is 3.90. The SMILES string of the molecule is CCc1ccc(-c2ccc(Cc3ccccc3)cc2)cc1. The Morgan fingerprint density at radius 1 is 0.524 bits per heavy atom. The van der Waals surface area contributed by atoms with Gasteiger partial charge in [-0.2, -0.15) is 0 Å². The molecule has 3 rings (SSSR count). The smallest absolute Gasteiger partial charge is 0.00258 e. The van der Waals surface area contributed by atoms with Gasteiger partial charge < -0.3 is 0 Å². The third-order valence-electron chi connectivity index (χ3n) is 3.90. The molecule has 0 aromatic heterocycles. The van der Waals surface area contributed by atoms with Crippen molar-refractivity contribution < 1.29 is 0 Å². The second-order valence-corrected chi connectivity index (χ2v) is 5.41. The third kappa shape index (κ3) is 3.41. The first-order valence-corrected chi connectivity index (χ1v) is 7.57. The molecule has 0 spiro atoms. The summed E-state index contributed by atoms with van der Waals surface area (Å²) >= 11 is 0. The highest BCUT2D eigenvalue weighted by Gasteiger charge is 2.00. The first-order chi connectivity index (χ1) is 10.3. The van der Waals surface area contributed by atoms with E-state index in [9.17, 15) is 0 Å². The quantitative estimate of drug-likeness (QED) is 0.587. The van der Waals surface area contributed by atoms with Gasteiger partial charge in [-0.15, -0.1) is 0 Å². The van der Waals surface area contributed by atoms with Crippen LogP contribution in [0.1, 0.15) is 23.6 Å². The van der Waals surface area contributed by atoms with Crippen molar-refractivity contribution in [2.75, 3.05) is 0 Å². The highest BCUT2D eigenvalue weighted by molar-refractivity contribution is 5.64. The summed E-state index contributed by atoms with van der Waals surface area (Å²) in [4.78, 5) is 0. The Bertz CT molecular complexity index is 676. The van der Waals surface area contributed by atoms with E-state index in [1.54, 1.807) is 0 Å². The number of rotatable bonds is 4. The van der Waals surface area contributed by atoms with E-state index in [0.29, 0.717) is 0 Å². The summed E-state index contributed by atoms with van der Waals surface area (Å²) in [5.41, 5.74) is 6.68.